The fourth-order valence-corrected chi connectivity index (χ4v) is 1.95. The molecule has 0 aromatic heterocycles. The van der Waals surface area contributed by atoms with E-state index in [2.05, 4.69) is 5.32 Å². The molecule has 0 aliphatic heterocycles. The van der Waals surface area contributed by atoms with Gasteiger partial charge in [-0.2, -0.15) is 0 Å². The third-order valence-corrected chi connectivity index (χ3v) is 2.78. The fourth-order valence-electron chi connectivity index (χ4n) is 1.95. The maximum Gasteiger partial charge on any atom is 0.203 e. The zero-order chi connectivity index (χ0) is 15.5. The number of methoxy groups -OCH3 is 1. The smallest absolute Gasteiger partial charge is 0.203 e. The molecule has 0 aliphatic rings. The molecule has 5 heteroatoms. The third-order valence-electron chi connectivity index (χ3n) is 2.78. The van der Waals surface area contributed by atoms with Gasteiger partial charge in [-0.1, -0.05) is 0 Å². The molecule has 5 nitrogen and oxygen atoms in total. The number of hydrogen-bond donors (Lipinski definition) is 1. The van der Waals surface area contributed by atoms with Gasteiger partial charge in [-0.15, -0.1) is 0 Å². The Morgan fingerprint density at radius 2 is 1.48 bits per heavy atom. The Balaban J connectivity index is 2.92. The van der Waals surface area contributed by atoms with E-state index >= 15 is 0 Å². The Labute approximate surface area is 127 Å². The van der Waals surface area contributed by atoms with Crippen LogP contribution in [0.4, 0.5) is 0 Å². The van der Waals surface area contributed by atoms with E-state index in [0.717, 1.165) is 30.2 Å². The van der Waals surface area contributed by atoms with E-state index in [9.17, 15) is 0 Å². The molecule has 1 aromatic rings. The normalized spacial score (nSPS) is 10.5. The lowest BCUT2D eigenvalue weighted by Gasteiger charge is -2.17. The first-order valence-electron chi connectivity index (χ1n) is 7.51. The minimum atomic E-state index is 0.575. The van der Waals surface area contributed by atoms with E-state index in [0.29, 0.717) is 32.2 Å². The van der Waals surface area contributed by atoms with Crippen LogP contribution < -0.4 is 19.5 Å². The molecule has 0 fully saturated rings. The molecule has 0 saturated carbocycles. The first kappa shape index (κ1) is 17.6. The van der Waals surface area contributed by atoms with Crippen LogP contribution in [0.15, 0.2) is 12.1 Å². The summed E-state index contributed by atoms with van der Waals surface area (Å²) in [5.74, 6) is 2.14. The standard InChI is InChI=1S/C16H27NO4/c1-5-19-14-10-13(12-17-8-9-18-4)11-15(20-6-2)16(14)21-7-3/h10-11,17H,5-9,12H2,1-4H3. The van der Waals surface area contributed by atoms with Crippen molar-refractivity contribution in [2.75, 3.05) is 40.1 Å². The van der Waals surface area contributed by atoms with Crippen molar-refractivity contribution in [1.29, 1.82) is 0 Å². The molecule has 1 rings (SSSR count). The summed E-state index contributed by atoms with van der Waals surface area (Å²) >= 11 is 0. The average molecular weight is 297 g/mol. The van der Waals surface area contributed by atoms with Gasteiger partial charge in [-0.25, -0.2) is 0 Å². The molecule has 0 amide bonds. The average Bonchev–Trinajstić information content (AvgIpc) is 2.47. The van der Waals surface area contributed by atoms with Gasteiger partial charge in [0.2, 0.25) is 5.75 Å². The lowest BCUT2D eigenvalue weighted by Crippen LogP contribution is -2.18. The third kappa shape index (κ3) is 5.81. The summed E-state index contributed by atoms with van der Waals surface area (Å²) in [5, 5.41) is 3.32. The van der Waals surface area contributed by atoms with Crippen molar-refractivity contribution < 1.29 is 18.9 Å². The van der Waals surface area contributed by atoms with E-state index in [1.807, 2.05) is 32.9 Å². The van der Waals surface area contributed by atoms with Crippen LogP contribution in [0.1, 0.15) is 26.3 Å². The molecule has 0 saturated heterocycles. The zero-order valence-electron chi connectivity index (χ0n) is 13.5. The van der Waals surface area contributed by atoms with Gasteiger partial charge in [0.1, 0.15) is 0 Å². The molecule has 0 bridgehead atoms. The summed E-state index contributed by atoms with van der Waals surface area (Å²) < 4.78 is 22.1. The fraction of sp³-hybridized carbons (Fsp3) is 0.625. The molecule has 0 spiro atoms. The molecule has 1 N–H and O–H groups in total. The molecule has 0 heterocycles. The predicted octanol–water partition coefficient (Wildman–Crippen LogP) is 2.62. The number of nitrogens with one attached hydrogen (secondary N) is 1. The van der Waals surface area contributed by atoms with Gasteiger partial charge >= 0.3 is 0 Å². The van der Waals surface area contributed by atoms with E-state index in [4.69, 9.17) is 18.9 Å². The summed E-state index contributed by atoms with van der Waals surface area (Å²) in [6.45, 7) is 9.84. The summed E-state index contributed by atoms with van der Waals surface area (Å²) in [5.41, 5.74) is 1.10. The van der Waals surface area contributed by atoms with Crippen LogP contribution in [-0.4, -0.2) is 40.1 Å². The first-order valence-corrected chi connectivity index (χ1v) is 7.51. The molecule has 0 atom stereocenters. The van der Waals surface area contributed by atoms with Gasteiger partial charge in [0.05, 0.1) is 26.4 Å². The van der Waals surface area contributed by atoms with Crippen LogP contribution in [0.2, 0.25) is 0 Å². The summed E-state index contributed by atoms with van der Waals surface area (Å²) in [6.07, 6.45) is 0. The molecule has 1 aromatic carbocycles. The lowest BCUT2D eigenvalue weighted by molar-refractivity contribution is 0.199. The molecule has 0 radical (unpaired) electrons. The predicted molar refractivity (Wildman–Crippen MR) is 83.5 cm³/mol. The topological polar surface area (TPSA) is 49.0 Å². The van der Waals surface area contributed by atoms with Crippen molar-refractivity contribution in [3.05, 3.63) is 17.7 Å². The number of rotatable bonds is 11. The van der Waals surface area contributed by atoms with Gasteiger partial charge < -0.3 is 24.3 Å². The van der Waals surface area contributed by atoms with Crippen molar-refractivity contribution in [2.24, 2.45) is 0 Å². The quantitative estimate of drug-likeness (QED) is 0.636. The minimum absolute atomic E-state index is 0.575. The van der Waals surface area contributed by atoms with Crippen LogP contribution in [0, 0.1) is 0 Å². The van der Waals surface area contributed by atoms with Gasteiger partial charge in [-0.3, -0.25) is 0 Å². The Kier molecular flexibility index (Phi) is 8.62. The van der Waals surface area contributed by atoms with Crippen molar-refractivity contribution in [2.45, 2.75) is 27.3 Å². The van der Waals surface area contributed by atoms with Crippen molar-refractivity contribution in [3.63, 3.8) is 0 Å². The van der Waals surface area contributed by atoms with Crippen LogP contribution >= 0.6 is 0 Å². The van der Waals surface area contributed by atoms with E-state index < -0.39 is 0 Å². The van der Waals surface area contributed by atoms with E-state index in [-0.39, 0.29) is 0 Å². The molecule has 0 unspecified atom stereocenters. The van der Waals surface area contributed by atoms with E-state index in [1.54, 1.807) is 7.11 Å². The highest BCUT2D eigenvalue weighted by molar-refractivity contribution is 5.54. The second-order valence-electron chi connectivity index (χ2n) is 4.39. The molecule has 21 heavy (non-hydrogen) atoms. The van der Waals surface area contributed by atoms with Crippen LogP contribution in [0.3, 0.4) is 0 Å². The monoisotopic (exact) mass is 297 g/mol. The van der Waals surface area contributed by atoms with Crippen LogP contribution in [0.25, 0.3) is 0 Å². The Morgan fingerprint density at radius 1 is 0.905 bits per heavy atom. The maximum absolute atomic E-state index is 5.69. The van der Waals surface area contributed by atoms with Crippen LogP contribution in [-0.2, 0) is 11.3 Å². The van der Waals surface area contributed by atoms with Crippen molar-refractivity contribution in [3.8, 4) is 17.2 Å². The molecule has 0 aliphatic carbocycles. The summed E-state index contributed by atoms with van der Waals surface area (Å²) in [6, 6.07) is 3.99. The highest BCUT2D eigenvalue weighted by Gasteiger charge is 2.14. The highest BCUT2D eigenvalue weighted by atomic mass is 16.5. The van der Waals surface area contributed by atoms with E-state index in [1.165, 1.54) is 0 Å². The highest BCUT2D eigenvalue weighted by Crippen LogP contribution is 2.39. The molecule has 120 valence electrons. The second-order valence-corrected chi connectivity index (χ2v) is 4.39. The Morgan fingerprint density at radius 3 is 1.95 bits per heavy atom. The van der Waals surface area contributed by atoms with Crippen LogP contribution in [0.5, 0.6) is 17.2 Å². The first-order chi connectivity index (χ1) is 10.3. The largest absolute Gasteiger partial charge is 0.490 e. The number of ether oxygens (including phenoxy) is 4. The van der Waals surface area contributed by atoms with Crippen molar-refractivity contribution in [1.82, 2.24) is 5.32 Å². The molecular formula is C16H27NO4. The Hall–Kier alpha value is -1.46. The zero-order valence-corrected chi connectivity index (χ0v) is 13.5. The lowest BCUT2D eigenvalue weighted by atomic mass is 10.1. The SMILES string of the molecule is CCOc1cc(CNCCOC)cc(OCC)c1OCC. The van der Waals surface area contributed by atoms with Gasteiger partial charge in [0.15, 0.2) is 11.5 Å². The number of benzene rings is 1. The summed E-state index contributed by atoms with van der Waals surface area (Å²) in [4.78, 5) is 0. The van der Waals surface area contributed by atoms with Gasteiger partial charge in [0.25, 0.3) is 0 Å². The molecular weight excluding hydrogens is 270 g/mol. The second kappa shape index (κ2) is 10.3. The summed E-state index contributed by atoms with van der Waals surface area (Å²) in [7, 11) is 1.69. The number of hydrogen-bond acceptors (Lipinski definition) is 5. The Bertz CT molecular complexity index is 382. The minimum Gasteiger partial charge on any atom is -0.490 e. The van der Waals surface area contributed by atoms with Gasteiger partial charge in [-0.05, 0) is 38.5 Å². The maximum atomic E-state index is 5.69. The van der Waals surface area contributed by atoms with Gasteiger partial charge in [0, 0.05) is 20.2 Å². The van der Waals surface area contributed by atoms with Crippen molar-refractivity contribution >= 4 is 0 Å².